The zero-order chi connectivity index (χ0) is 19.8. The molecule has 150 valence electrons. The molecule has 0 aliphatic carbocycles. The van der Waals surface area contributed by atoms with Crippen LogP contribution in [0.25, 0.3) is 21.9 Å². The highest BCUT2D eigenvalue weighted by molar-refractivity contribution is 6.06. The minimum Gasteiger partial charge on any atom is -0.371 e. The predicted octanol–water partition coefficient (Wildman–Crippen LogP) is 3.90. The lowest BCUT2D eigenvalue weighted by Gasteiger charge is -2.10. The third kappa shape index (κ3) is 4.71. The zero-order valence-electron chi connectivity index (χ0n) is 16.8. The number of carbonyl (C=O) groups excluding carboxylic acids is 1. The average molecular weight is 383 g/mol. The second-order valence-electron chi connectivity index (χ2n) is 6.96. The van der Waals surface area contributed by atoms with E-state index >= 15 is 0 Å². The van der Waals surface area contributed by atoms with Gasteiger partial charge in [-0.3, -0.25) is 0 Å². The summed E-state index contributed by atoms with van der Waals surface area (Å²) >= 11 is 0. The van der Waals surface area contributed by atoms with E-state index in [0.717, 1.165) is 72.9 Å². The molecule has 0 fully saturated rings. The van der Waals surface area contributed by atoms with Gasteiger partial charge in [-0.15, -0.1) is 0 Å². The molecule has 0 spiro atoms. The van der Waals surface area contributed by atoms with Gasteiger partial charge in [0.2, 0.25) is 0 Å². The molecule has 2 heterocycles. The molecule has 3 N–H and O–H groups in total. The number of nitrogens with one attached hydrogen (secondary N) is 3. The van der Waals surface area contributed by atoms with Crippen molar-refractivity contribution in [3.8, 4) is 0 Å². The quantitative estimate of drug-likeness (QED) is 0.464. The molecule has 28 heavy (non-hydrogen) atoms. The first kappa shape index (κ1) is 19.9. The number of fused-ring (bicyclic) bond motifs is 3. The zero-order valence-corrected chi connectivity index (χ0v) is 16.8. The lowest BCUT2D eigenvalue weighted by atomic mass is 10.2. The van der Waals surface area contributed by atoms with Gasteiger partial charge in [-0.2, -0.15) is 0 Å². The number of hydrogen-bond acceptors (Lipinski definition) is 4. The number of unbranched alkanes of at least 4 members (excludes halogenated alkanes) is 3. The van der Waals surface area contributed by atoms with Crippen molar-refractivity contribution >= 4 is 33.8 Å². The topological polar surface area (TPSA) is 83.9 Å². The number of anilines is 1. The van der Waals surface area contributed by atoms with Crippen molar-refractivity contribution in [3.63, 3.8) is 0 Å². The van der Waals surface area contributed by atoms with E-state index < -0.39 is 0 Å². The van der Waals surface area contributed by atoms with E-state index in [1.165, 1.54) is 0 Å². The van der Waals surface area contributed by atoms with E-state index in [1.807, 2.05) is 31.6 Å². The molecule has 3 aromatic rings. The van der Waals surface area contributed by atoms with Crippen LogP contribution in [-0.4, -0.2) is 40.7 Å². The van der Waals surface area contributed by atoms with E-state index in [-0.39, 0.29) is 6.03 Å². The molecule has 3 rings (SSSR count). The first-order valence-corrected chi connectivity index (χ1v) is 10.2. The van der Waals surface area contributed by atoms with Crippen molar-refractivity contribution in [1.29, 1.82) is 0 Å². The van der Waals surface area contributed by atoms with Crippen LogP contribution in [0.1, 0.15) is 39.0 Å². The number of pyridine rings is 1. The number of para-hydroxylation sites is 1. The summed E-state index contributed by atoms with van der Waals surface area (Å²) in [6, 6.07) is 8.08. The van der Waals surface area contributed by atoms with Crippen LogP contribution in [0.3, 0.4) is 0 Å². The van der Waals surface area contributed by atoms with Crippen LogP contribution in [-0.2, 0) is 6.54 Å². The fraction of sp³-hybridized carbons (Fsp3) is 0.476. The molecule has 1 aromatic carbocycles. The summed E-state index contributed by atoms with van der Waals surface area (Å²) in [6.45, 7) is 4.43. The molecule has 0 saturated carbocycles. The Kier molecular flexibility index (Phi) is 7.06. The van der Waals surface area contributed by atoms with E-state index in [4.69, 9.17) is 0 Å². The third-order valence-electron chi connectivity index (χ3n) is 4.87. The summed E-state index contributed by atoms with van der Waals surface area (Å²) in [4.78, 5) is 21.0. The van der Waals surface area contributed by atoms with E-state index in [0.29, 0.717) is 6.54 Å². The Morgan fingerprint density at radius 1 is 1.07 bits per heavy atom. The summed E-state index contributed by atoms with van der Waals surface area (Å²) in [5, 5.41) is 10.1. The monoisotopic (exact) mass is 382 g/mol. The van der Waals surface area contributed by atoms with Crippen LogP contribution < -0.4 is 16.0 Å². The molecule has 2 aromatic heterocycles. The van der Waals surface area contributed by atoms with Crippen LogP contribution in [0.2, 0.25) is 0 Å². The number of hydrogen-bond donors (Lipinski definition) is 3. The van der Waals surface area contributed by atoms with Crippen LogP contribution >= 0.6 is 0 Å². The number of urea groups is 1. The Morgan fingerprint density at radius 3 is 2.57 bits per heavy atom. The number of imidazole rings is 1. The molecule has 0 radical (unpaired) electrons. The number of amides is 2. The number of nitrogens with zero attached hydrogens (tertiary/aromatic N) is 3. The van der Waals surface area contributed by atoms with Gasteiger partial charge >= 0.3 is 6.03 Å². The van der Waals surface area contributed by atoms with Crippen LogP contribution in [0, 0.1) is 0 Å². The summed E-state index contributed by atoms with van der Waals surface area (Å²) in [5.41, 5.74) is 2.96. The Bertz CT molecular complexity index is 920. The normalized spacial score (nSPS) is 11.1. The number of benzene rings is 1. The van der Waals surface area contributed by atoms with E-state index in [1.54, 1.807) is 0 Å². The van der Waals surface area contributed by atoms with Crippen molar-refractivity contribution in [2.24, 2.45) is 0 Å². The molecule has 0 aliphatic heterocycles. The lowest BCUT2D eigenvalue weighted by molar-refractivity contribution is 0.240. The second kappa shape index (κ2) is 9.92. The molecule has 0 aliphatic rings. The Morgan fingerprint density at radius 2 is 1.82 bits per heavy atom. The van der Waals surface area contributed by atoms with Gasteiger partial charge in [0.25, 0.3) is 0 Å². The van der Waals surface area contributed by atoms with Crippen molar-refractivity contribution < 1.29 is 4.79 Å². The maximum absolute atomic E-state index is 11.7. The predicted molar refractivity (Wildman–Crippen MR) is 115 cm³/mol. The Balaban J connectivity index is 1.55. The van der Waals surface area contributed by atoms with Gasteiger partial charge in [0.05, 0.1) is 17.4 Å². The number of carbonyl (C=O) groups is 1. The fourth-order valence-electron chi connectivity index (χ4n) is 3.38. The first-order chi connectivity index (χ1) is 13.7. The summed E-state index contributed by atoms with van der Waals surface area (Å²) in [5.74, 6) is 0.800. The number of rotatable bonds is 10. The molecule has 0 unspecified atom stereocenters. The highest BCUT2D eigenvalue weighted by Gasteiger charge is 2.12. The third-order valence-corrected chi connectivity index (χ3v) is 4.87. The molecule has 0 atom stereocenters. The standard InChI is InChI=1S/C21H30N6O/c1-3-4-7-12-23-21(28)24-13-8-9-14-27-15-25-18-19(27)16-10-5-6-11-17(16)26-20(18)22-2/h5-6,10-11,15H,3-4,7-9,12-14H2,1-2H3,(H,22,26)(H2,23,24,28). The van der Waals surface area contributed by atoms with E-state index in [9.17, 15) is 4.79 Å². The van der Waals surface area contributed by atoms with Crippen LogP contribution in [0.4, 0.5) is 10.6 Å². The number of aryl methyl sites for hydroxylation is 1. The van der Waals surface area contributed by atoms with Gasteiger partial charge in [0.15, 0.2) is 5.82 Å². The number of aromatic nitrogens is 3. The molecule has 0 bridgehead atoms. The van der Waals surface area contributed by atoms with Gasteiger partial charge in [-0.25, -0.2) is 14.8 Å². The smallest absolute Gasteiger partial charge is 0.314 e. The second-order valence-corrected chi connectivity index (χ2v) is 6.96. The summed E-state index contributed by atoms with van der Waals surface area (Å²) < 4.78 is 2.19. The maximum Gasteiger partial charge on any atom is 0.314 e. The molecule has 2 amide bonds. The van der Waals surface area contributed by atoms with Gasteiger partial charge in [0, 0.05) is 32.1 Å². The molecular weight excluding hydrogens is 352 g/mol. The highest BCUT2D eigenvalue weighted by Crippen LogP contribution is 2.28. The molecule has 0 saturated heterocycles. The fourth-order valence-corrected chi connectivity index (χ4v) is 3.38. The average Bonchev–Trinajstić information content (AvgIpc) is 3.15. The van der Waals surface area contributed by atoms with Crippen molar-refractivity contribution in [3.05, 3.63) is 30.6 Å². The largest absolute Gasteiger partial charge is 0.371 e. The highest BCUT2D eigenvalue weighted by atomic mass is 16.2. The summed E-state index contributed by atoms with van der Waals surface area (Å²) in [7, 11) is 1.87. The minimum atomic E-state index is -0.0695. The van der Waals surface area contributed by atoms with E-state index in [2.05, 4.69) is 43.5 Å². The molecule has 7 heteroatoms. The maximum atomic E-state index is 11.7. The Hall–Kier alpha value is -2.83. The van der Waals surface area contributed by atoms with Crippen molar-refractivity contribution in [2.75, 3.05) is 25.5 Å². The SMILES string of the molecule is CCCCCNC(=O)NCCCCn1cnc2c(NC)nc3ccccc3c21. The van der Waals surface area contributed by atoms with Gasteiger partial charge in [0.1, 0.15) is 5.52 Å². The van der Waals surface area contributed by atoms with Gasteiger partial charge in [-0.1, -0.05) is 38.0 Å². The van der Waals surface area contributed by atoms with Crippen molar-refractivity contribution in [2.45, 2.75) is 45.6 Å². The lowest BCUT2D eigenvalue weighted by Crippen LogP contribution is -2.36. The molecule has 7 nitrogen and oxygen atoms in total. The Labute approximate surface area is 165 Å². The summed E-state index contributed by atoms with van der Waals surface area (Å²) in [6.07, 6.45) is 7.12. The minimum absolute atomic E-state index is 0.0695. The van der Waals surface area contributed by atoms with Crippen LogP contribution in [0.5, 0.6) is 0 Å². The van der Waals surface area contributed by atoms with Crippen LogP contribution in [0.15, 0.2) is 30.6 Å². The van der Waals surface area contributed by atoms with Gasteiger partial charge < -0.3 is 20.5 Å². The van der Waals surface area contributed by atoms with Crippen molar-refractivity contribution in [1.82, 2.24) is 25.2 Å². The van der Waals surface area contributed by atoms with Gasteiger partial charge in [-0.05, 0) is 25.3 Å². The molecular formula is C21H30N6O. The first-order valence-electron chi connectivity index (χ1n) is 10.2.